The summed E-state index contributed by atoms with van der Waals surface area (Å²) in [5.41, 5.74) is 1.83. The van der Waals surface area contributed by atoms with Crippen LogP contribution in [0.3, 0.4) is 0 Å². The molecule has 0 fully saturated rings. The molecule has 0 saturated heterocycles. The fraction of sp³-hybridized carbons (Fsp3) is 0.250. The van der Waals surface area contributed by atoms with Gasteiger partial charge in [-0.15, -0.1) is 22.7 Å². The van der Waals surface area contributed by atoms with Crippen LogP contribution in [-0.2, 0) is 22.4 Å². The minimum absolute atomic E-state index is 0.220. The number of carboxylic acid groups (broad SMARTS) is 1. The number of hydrogen-bond acceptors (Lipinski definition) is 6. The molecular weight excluding hydrogens is 412 g/mol. The van der Waals surface area contributed by atoms with Crippen LogP contribution in [0.15, 0.2) is 53.4 Å². The quantitative estimate of drug-likeness (QED) is 0.450. The summed E-state index contributed by atoms with van der Waals surface area (Å²) in [7, 11) is 0. The minimum Gasteiger partial charge on any atom is -0.480 e. The number of thiol groups is 1. The van der Waals surface area contributed by atoms with Gasteiger partial charge in [-0.2, -0.15) is 12.6 Å². The minimum atomic E-state index is -1.05. The van der Waals surface area contributed by atoms with Crippen molar-refractivity contribution in [3.63, 3.8) is 0 Å². The van der Waals surface area contributed by atoms with E-state index >= 15 is 0 Å². The molecule has 28 heavy (non-hydrogen) atoms. The van der Waals surface area contributed by atoms with Gasteiger partial charge in [-0.05, 0) is 23.4 Å². The Kier molecular flexibility index (Phi) is 7.24. The number of nitrogens with zero attached hydrogens (tertiary/aromatic N) is 1. The third kappa shape index (κ3) is 5.43. The number of hydrogen-bond donors (Lipinski definition) is 3. The van der Waals surface area contributed by atoms with E-state index in [9.17, 15) is 14.7 Å². The van der Waals surface area contributed by atoms with Crippen LogP contribution in [0.1, 0.15) is 10.4 Å². The van der Waals surface area contributed by atoms with Crippen molar-refractivity contribution in [2.75, 3.05) is 5.75 Å². The fourth-order valence-electron chi connectivity index (χ4n) is 2.79. The molecule has 2 aromatic heterocycles. The Morgan fingerprint density at radius 2 is 1.89 bits per heavy atom. The molecule has 2 unspecified atom stereocenters. The van der Waals surface area contributed by atoms with E-state index in [0.717, 1.165) is 21.0 Å². The van der Waals surface area contributed by atoms with Crippen LogP contribution in [0.25, 0.3) is 10.6 Å². The van der Waals surface area contributed by atoms with Gasteiger partial charge in [0.05, 0.1) is 5.92 Å². The van der Waals surface area contributed by atoms with E-state index < -0.39 is 12.0 Å². The fourth-order valence-corrected chi connectivity index (χ4v) is 4.51. The second kappa shape index (κ2) is 9.86. The Morgan fingerprint density at radius 3 is 2.46 bits per heavy atom. The Morgan fingerprint density at radius 1 is 1.11 bits per heavy atom. The van der Waals surface area contributed by atoms with E-state index in [1.807, 2.05) is 47.2 Å². The monoisotopic (exact) mass is 432 g/mol. The smallest absolute Gasteiger partial charge is 0.326 e. The first kappa shape index (κ1) is 20.6. The lowest BCUT2D eigenvalue weighted by Crippen LogP contribution is -2.45. The molecule has 3 aromatic rings. The Bertz CT molecular complexity index is 893. The van der Waals surface area contributed by atoms with E-state index in [4.69, 9.17) is 0 Å². The second-order valence-electron chi connectivity index (χ2n) is 6.30. The van der Waals surface area contributed by atoms with E-state index in [-0.39, 0.29) is 18.2 Å². The van der Waals surface area contributed by atoms with Crippen LogP contribution in [0.5, 0.6) is 0 Å². The number of carbonyl (C=O) groups excluding carboxylic acids is 1. The van der Waals surface area contributed by atoms with Crippen LogP contribution >= 0.6 is 35.3 Å². The molecule has 1 amide bonds. The molecule has 0 bridgehead atoms. The predicted octanol–water partition coefficient (Wildman–Crippen LogP) is 3.77. The number of aliphatic carboxylic acids is 1. The number of nitrogens with one attached hydrogen (secondary N) is 1. The summed E-state index contributed by atoms with van der Waals surface area (Å²) in [5.74, 6) is -1.34. The van der Waals surface area contributed by atoms with Crippen LogP contribution < -0.4 is 5.32 Å². The van der Waals surface area contributed by atoms with Gasteiger partial charge in [0.15, 0.2) is 0 Å². The number of thiophene rings is 1. The standard InChI is InChI=1S/C20H20N2O3S3/c23-18(15(12-26)11-16-2-1-8-27-16)22-17(20(24)25)10-13-3-5-14(6-4-13)19-21-7-9-28-19/h1-9,15,17,26H,10-12H2,(H,22,23)(H,24,25). The first-order valence-electron chi connectivity index (χ1n) is 8.72. The molecule has 0 aliphatic heterocycles. The summed E-state index contributed by atoms with van der Waals surface area (Å²) in [6, 6.07) is 10.5. The topological polar surface area (TPSA) is 79.3 Å². The molecule has 3 rings (SSSR count). The number of thiazole rings is 1. The van der Waals surface area contributed by atoms with Crippen LogP contribution in [-0.4, -0.2) is 33.8 Å². The molecule has 8 heteroatoms. The predicted molar refractivity (Wildman–Crippen MR) is 116 cm³/mol. The Hall–Kier alpha value is -2.16. The maximum absolute atomic E-state index is 12.6. The van der Waals surface area contributed by atoms with Crippen molar-refractivity contribution < 1.29 is 14.7 Å². The summed E-state index contributed by atoms with van der Waals surface area (Å²) in [6.45, 7) is 0. The third-order valence-electron chi connectivity index (χ3n) is 4.31. The highest BCUT2D eigenvalue weighted by Gasteiger charge is 2.25. The molecule has 0 spiro atoms. The first-order chi connectivity index (χ1) is 13.6. The van der Waals surface area contributed by atoms with Crippen molar-refractivity contribution in [1.29, 1.82) is 0 Å². The van der Waals surface area contributed by atoms with Gasteiger partial charge in [-0.1, -0.05) is 30.3 Å². The molecule has 2 heterocycles. The van der Waals surface area contributed by atoms with Gasteiger partial charge in [0.1, 0.15) is 11.0 Å². The highest BCUT2D eigenvalue weighted by molar-refractivity contribution is 7.80. The molecule has 146 valence electrons. The summed E-state index contributed by atoms with van der Waals surface area (Å²) in [6.07, 6.45) is 2.53. The molecule has 0 aliphatic rings. The molecule has 2 N–H and O–H groups in total. The van der Waals surface area contributed by atoms with Gasteiger partial charge >= 0.3 is 5.97 Å². The lowest BCUT2D eigenvalue weighted by atomic mass is 10.0. The van der Waals surface area contributed by atoms with Crippen molar-refractivity contribution in [2.24, 2.45) is 5.92 Å². The molecule has 1 aromatic carbocycles. The maximum atomic E-state index is 12.6. The zero-order valence-electron chi connectivity index (χ0n) is 14.9. The lowest BCUT2D eigenvalue weighted by Gasteiger charge is -2.19. The lowest BCUT2D eigenvalue weighted by molar-refractivity contribution is -0.142. The van der Waals surface area contributed by atoms with E-state index in [1.54, 1.807) is 28.9 Å². The van der Waals surface area contributed by atoms with Crippen molar-refractivity contribution in [2.45, 2.75) is 18.9 Å². The number of aromatic nitrogens is 1. The SMILES string of the molecule is O=C(NC(Cc1ccc(-c2nccs2)cc1)C(=O)O)C(CS)Cc1cccs1. The van der Waals surface area contributed by atoms with Crippen molar-refractivity contribution in [3.8, 4) is 10.6 Å². The van der Waals surface area contributed by atoms with Gasteiger partial charge in [0, 0.05) is 34.2 Å². The zero-order valence-corrected chi connectivity index (χ0v) is 17.5. The zero-order chi connectivity index (χ0) is 19.9. The van der Waals surface area contributed by atoms with Gasteiger partial charge in [0.25, 0.3) is 0 Å². The van der Waals surface area contributed by atoms with Crippen molar-refractivity contribution >= 4 is 47.2 Å². The Labute approximate surface area is 176 Å². The normalized spacial score (nSPS) is 13.0. The molecule has 5 nitrogen and oxygen atoms in total. The van der Waals surface area contributed by atoms with E-state index in [0.29, 0.717) is 12.2 Å². The molecule has 0 aliphatic carbocycles. The molecule has 0 radical (unpaired) electrons. The first-order valence-corrected chi connectivity index (χ1v) is 11.1. The molecule has 2 atom stereocenters. The molecule has 0 saturated carbocycles. The highest BCUT2D eigenvalue weighted by Crippen LogP contribution is 2.22. The van der Waals surface area contributed by atoms with Crippen LogP contribution in [0.4, 0.5) is 0 Å². The second-order valence-corrected chi connectivity index (χ2v) is 8.59. The summed E-state index contributed by atoms with van der Waals surface area (Å²) in [5, 5.41) is 17.0. The van der Waals surface area contributed by atoms with Gasteiger partial charge in [-0.3, -0.25) is 4.79 Å². The number of benzene rings is 1. The van der Waals surface area contributed by atoms with Crippen molar-refractivity contribution in [1.82, 2.24) is 10.3 Å². The molecular formula is C20H20N2O3S3. The summed E-state index contributed by atoms with van der Waals surface area (Å²) < 4.78 is 0. The number of rotatable bonds is 9. The number of carboxylic acids is 1. The van der Waals surface area contributed by atoms with E-state index in [1.165, 1.54) is 0 Å². The highest BCUT2D eigenvalue weighted by atomic mass is 32.1. The van der Waals surface area contributed by atoms with Gasteiger partial charge in [-0.25, -0.2) is 9.78 Å². The van der Waals surface area contributed by atoms with Gasteiger partial charge < -0.3 is 10.4 Å². The average Bonchev–Trinajstić information content (AvgIpc) is 3.40. The summed E-state index contributed by atoms with van der Waals surface area (Å²) >= 11 is 7.40. The van der Waals surface area contributed by atoms with Crippen molar-refractivity contribution in [3.05, 3.63) is 63.8 Å². The third-order valence-corrected chi connectivity index (χ3v) is 6.47. The summed E-state index contributed by atoms with van der Waals surface area (Å²) in [4.78, 5) is 29.6. The van der Waals surface area contributed by atoms with Gasteiger partial charge in [0.2, 0.25) is 5.91 Å². The largest absolute Gasteiger partial charge is 0.480 e. The number of carbonyl (C=O) groups is 2. The van der Waals surface area contributed by atoms with E-state index in [2.05, 4.69) is 22.9 Å². The maximum Gasteiger partial charge on any atom is 0.326 e. The van der Waals surface area contributed by atoms with Crippen LogP contribution in [0.2, 0.25) is 0 Å². The van der Waals surface area contributed by atoms with Crippen LogP contribution in [0, 0.1) is 5.92 Å². The Balaban J connectivity index is 1.64. The number of amides is 1. The average molecular weight is 433 g/mol.